The highest BCUT2D eigenvalue weighted by atomic mass is 32.2. The number of halogens is 2. The Morgan fingerprint density at radius 3 is 2.41 bits per heavy atom. The number of carbonyl (C=O) groups is 3. The molecule has 1 fully saturated rings. The van der Waals surface area contributed by atoms with Gasteiger partial charge in [0.1, 0.15) is 11.9 Å². The number of sulfone groups is 1. The lowest BCUT2D eigenvalue weighted by Gasteiger charge is -2.32. The van der Waals surface area contributed by atoms with Gasteiger partial charge in [-0.1, -0.05) is 6.07 Å². The molecule has 11 nitrogen and oxygen atoms in total. The first-order chi connectivity index (χ1) is 21.8. The van der Waals surface area contributed by atoms with Crippen LogP contribution >= 0.6 is 0 Å². The average Bonchev–Trinajstić information content (AvgIpc) is 3.51. The fraction of sp³-hybridized carbons (Fsp3) is 0.344. The smallest absolute Gasteiger partial charge is 0.411 e. The van der Waals surface area contributed by atoms with Crippen molar-refractivity contribution in [1.82, 2.24) is 4.90 Å². The molecule has 1 heterocycles. The lowest BCUT2D eigenvalue weighted by Crippen LogP contribution is -2.38. The number of hydrogen-bond donors (Lipinski definition) is 3. The molecule has 0 aliphatic carbocycles. The van der Waals surface area contributed by atoms with Gasteiger partial charge in [-0.2, -0.15) is 0 Å². The summed E-state index contributed by atoms with van der Waals surface area (Å²) < 4.78 is 66.7. The Labute approximate surface area is 266 Å². The Kier molecular flexibility index (Phi) is 10.5. The third-order valence-corrected chi connectivity index (χ3v) is 9.88. The molecule has 0 bridgehead atoms. The molecule has 0 radical (unpaired) electrons. The van der Waals surface area contributed by atoms with Crippen LogP contribution in [0.3, 0.4) is 0 Å². The van der Waals surface area contributed by atoms with Gasteiger partial charge in [0.05, 0.1) is 35.6 Å². The maximum absolute atomic E-state index is 15.1. The van der Waals surface area contributed by atoms with E-state index in [1.54, 1.807) is 6.92 Å². The standard InChI is InChI=1S/C32H36F2N4O7S/c1-5-45-27-16-19(8-12-24(27)34)29(37-25-15-20(30(35)39)9-11-23(25)33)31(40)38-14-6-7-26(38)22-17-21(36-32(41)44-4)10-13-28(22)46(42,43)18(2)3/h8-13,15-18,26,29,37H,5-7,14H2,1-4H3,(H2,35,39)(H,36,41). The first-order valence-corrected chi connectivity index (χ1v) is 16.1. The quantitative estimate of drug-likeness (QED) is 0.249. The van der Waals surface area contributed by atoms with Crippen LogP contribution in [0.15, 0.2) is 59.5 Å². The lowest BCUT2D eigenvalue weighted by molar-refractivity contribution is -0.133. The molecule has 0 saturated carbocycles. The van der Waals surface area contributed by atoms with E-state index >= 15 is 4.39 Å². The minimum absolute atomic E-state index is 0.00672. The van der Waals surface area contributed by atoms with Crippen LogP contribution < -0.4 is 21.1 Å². The average molecular weight is 659 g/mol. The van der Waals surface area contributed by atoms with Crippen LogP contribution in [-0.2, 0) is 19.4 Å². The predicted octanol–water partition coefficient (Wildman–Crippen LogP) is 5.34. The maximum Gasteiger partial charge on any atom is 0.411 e. The molecular formula is C32H36F2N4O7S. The number of anilines is 2. The van der Waals surface area contributed by atoms with Gasteiger partial charge < -0.3 is 25.4 Å². The van der Waals surface area contributed by atoms with Crippen molar-refractivity contribution in [2.24, 2.45) is 5.73 Å². The topological polar surface area (TPSA) is 157 Å². The summed E-state index contributed by atoms with van der Waals surface area (Å²) in [5.41, 5.74) is 5.94. The van der Waals surface area contributed by atoms with Gasteiger partial charge in [0, 0.05) is 17.8 Å². The number of nitrogens with one attached hydrogen (secondary N) is 2. The highest BCUT2D eigenvalue weighted by Crippen LogP contribution is 2.40. The zero-order valence-corrected chi connectivity index (χ0v) is 26.6. The Morgan fingerprint density at radius 1 is 1.04 bits per heavy atom. The molecule has 1 aliphatic rings. The molecule has 3 amide bonds. The summed E-state index contributed by atoms with van der Waals surface area (Å²) in [5.74, 6) is -2.98. The summed E-state index contributed by atoms with van der Waals surface area (Å²) in [6, 6.07) is 9.40. The van der Waals surface area contributed by atoms with Crippen LogP contribution in [0.5, 0.6) is 5.75 Å². The predicted molar refractivity (Wildman–Crippen MR) is 167 cm³/mol. The van der Waals surface area contributed by atoms with Crippen LogP contribution in [0.1, 0.15) is 67.2 Å². The van der Waals surface area contributed by atoms with Crippen molar-refractivity contribution in [2.75, 3.05) is 30.9 Å². The number of amides is 3. The van der Waals surface area contributed by atoms with Crippen molar-refractivity contribution >= 4 is 39.1 Å². The molecule has 14 heteroatoms. The number of methoxy groups -OCH3 is 1. The molecule has 1 saturated heterocycles. The second kappa shape index (κ2) is 14.1. The van der Waals surface area contributed by atoms with E-state index in [4.69, 9.17) is 10.5 Å². The van der Waals surface area contributed by atoms with Crippen LogP contribution in [0, 0.1) is 11.6 Å². The highest BCUT2D eigenvalue weighted by molar-refractivity contribution is 7.92. The fourth-order valence-electron chi connectivity index (χ4n) is 5.29. The Balaban J connectivity index is 1.84. The van der Waals surface area contributed by atoms with Crippen molar-refractivity contribution in [2.45, 2.75) is 55.8 Å². The number of nitrogens with zero attached hydrogens (tertiary/aromatic N) is 1. The number of rotatable bonds is 11. The molecule has 2 unspecified atom stereocenters. The number of benzene rings is 3. The number of primary amides is 1. The summed E-state index contributed by atoms with van der Waals surface area (Å²) in [5, 5.41) is 4.60. The van der Waals surface area contributed by atoms with E-state index in [0.29, 0.717) is 12.8 Å². The van der Waals surface area contributed by atoms with Gasteiger partial charge in [-0.3, -0.25) is 14.9 Å². The van der Waals surface area contributed by atoms with E-state index < -0.39 is 56.7 Å². The molecular weight excluding hydrogens is 622 g/mol. The third kappa shape index (κ3) is 7.22. The summed E-state index contributed by atoms with van der Waals surface area (Å²) in [6.07, 6.45) is 0.105. The van der Waals surface area contributed by atoms with Crippen molar-refractivity contribution in [3.8, 4) is 5.75 Å². The Hall–Kier alpha value is -4.72. The minimum atomic E-state index is -3.85. The second-order valence-electron chi connectivity index (χ2n) is 10.9. The zero-order valence-electron chi connectivity index (χ0n) is 25.8. The SMILES string of the molecule is CCOc1cc(C(Nc2cc(C(N)=O)ccc2F)C(=O)N2CCCC2c2cc(NC(=O)OC)ccc2S(=O)(=O)C(C)C)ccc1F. The van der Waals surface area contributed by atoms with Gasteiger partial charge in [0.25, 0.3) is 0 Å². The van der Waals surface area contributed by atoms with Crippen molar-refractivity contribution in [1.29, 1.82) is 0 Å². The van der Waals surface area contributed by atoms with Crippen molar-refractivity contribution in [3.63, 3.8) is 0 Å². The van der Waals surface area contributed by atoms with Gasteiger partial charge in [-0.25, -0.2) is 22.0 Å². The first-order valence-electron chi connectivity index (χ1n) is 14.6. The van der Waals surface area contributed by atoms with Gasteiger partial charge in [-0.05, 0) is 93.3 Å². The van der Waals surface area contributed by atoms with Gasteiger partial charge >= 0.3 is 6.09 Å². The molecule has 4 N–H and O–H groups in total. The number of likely N-dealkylation sites (tertiary alicyclic amines) is 1. The second-order valence-corrected chi connectivity index (χ2v) is 13.4. The molecule has 3 aromatic carbocycles. The molecule has 46 heavy (non-hydrogen) atoms. The van der Waals surface area contributed by atoms with E-state index in [1.165, 1.54) is 68.3 Å². The van der Waals surface area contributed by atoms with Crippen molar-refractivity contribution in [3.05, 3.63) is 82.9 Å². The Morgan fingerprint density at radius 2 is 1.76 bits per heavy atom. The van der Waals surface area contributed by atoms with Gasteiger partial charge in [0.15, 0.2) is 21.4 Å². The number of hydrogen-bond acceptors (Lipinski definition) is 8. The minimum Gasteiger partial charge on any atom is -0.491 e. The van der Waals surface area contributed by atoms with E-state index in [9.17, 15) is 27.2 Å². The summed E-state index contributed by atoms with van der Waals surface area (Å²) in [4.78, 5) is 39.8. The van der Waals surface area contributed by atoms with E-state index in [-0.39, 0.29) is 51.9 Å². The van der Waals surface area contributed by atoms with Crippen LogP contribution in [0.25, 0.3) is 0 Å². The van der Waals surface area contributed by atoms with Gasteiger partial charge in [0.2, 0.25) is 11.8 Å². The molecule has 246 valence electrons. The normalized spacial score (nSPS) is 15.4. The molecule has 4 rings (SSSR count). The molecule has 0 spiro atoms. The zero-order chi connectivity index (χ0) is 33.8. The van der Waals surface area contributed by atoms with E-state index in [0.717, 1.165) is 12.1 Å². The molecule has 1 aliphatic heterocycles. The highest BCUT2D eigenvalue weighted by Gasteiger charge is 2.38. The van der Waals surface area contributed by atoms with Crippen molar-refractivity contribution < 1.29 is 41.1 Å². The monoisotopic (exact) mass is 658 g/mol. The molecule has 0 aromatic heterocycles. The fourth-order valence-corrected chi connectivity index (χ4v) is 6.58. The maximum atomic E-state index is 15.1. The van der Waals surface area contributed by atoms with E-state index in [1.807, 2.05) is 0 Å². The number of nitrogens with two attached hydrogens (primary N) is 1. The number of carbonyl (C=O) groups excluding carboxylic acids is 3. The largest absolute Gasteiger partial charge is 0.491 e. The van der Waals surface area contributed by atoms with Crippen LogP contribution in [0.4, 0.5) is 25.0 Å². The summed E-state index contributed by atoms with van der Waals surface area (Å²) in [7, 11) is -2.66. The summed E-state index contributed by atoms with van der Waals surface area (Å²) >= 11 is 0. The van der Waals surface area contributed by atoms with Crippen LogP contribution in [-0.4, -0.2) is 56.7 Å². The lowest BCUT2D eigenvalue weighted by atomic mass is 10.0. The van der Waals surface area contributed by atoms with E-state index in [2.05, 4.69) is 15.4 Å². The first kappa shape index (κ1) is 34.2. The van der Waals surface area contributed by atoms with Crippen LogP contribution in [0.2, 0.25) is 0 Å². The third-order valence-electron chi connectivity index (χ3n) is 7.65. The molecule has 3 aromatic rings. The molecule has 2 atom stereocenters. The Bertz CT molecular complexity index is 1750. The van der Waals surface area contributed by atoms with Gasteiger partial charge in [-0.15, -0.1) is 0 Å². The summed E-state index contributed by atoms with van der Waals surface area (Å²) in [6.45, 7) is 5.09. The number of ether oxygens (including phenoxy) is 2.